The summed E-state index contributed by atoms with van der Waals surface area (Å²) in [6.07, 6.45) is 8.13. The lowest BCUT2D eigenvalue weighted by molar-refractivity contribution is 1.24. The maximum Gasteiger partial charge on any atom is 0.0584 e. The molecule has 10 rings (SSSR count). The van der Waals surface area contributed by atoms with Gasteiger partial charge in [-0.3, -0.25) is 0 Å². The standard InChI is InChI=1S/C42H25Br/c43-35-23-22-29-31-19-21-34-40-33(20-18-30(39(31)40)28-16-9-17-32(35)38(28)29)41-36(24-10-3-1-4-11-24)26-14-7-8-15-27(26)37(42(34)41)25-12-5-2-6-13-25/h1-18,20-23,35H,19H2. The molecular formula is C42H25Br. The Hall–Kier alpha value is -4.72. The zero-order valence-corrected chi connectivity index (χ0v) is 25.0. The van der Waals surface area contributed by atoms with E-state index in [0.717, 1.165) is 6.42 Å². The van der Waals surface area contributed by atoms with E-state index in [9.17, 15) is 0 Å². The van der Waals surface area contributed by atoms with Gasteiger partial charge in [-0.05, 0) is 106 Å². The van der Waals surface area contributed by atoms with Crippen LogP contribution >= 0.6 is 15.9 Å². The van der Waals surface area contributed by atoms with Gasteiger partial charge in [0, 0.05) is 0 Å². The van der Waals surface area contributed by atoms with Crippen molar-refractivity contribution in [3.63, 3.8) is 0 Å². The van der Waals surface area contributed by atoms with Crippen molar-refractivity contribution in [1.82, 2.24) is 0 Å². The van der Waals surface area contributed by atoms with E-state index in [1.807, 2.05) is 0 Å². The molecule has 1 heteroatoms. The lowest BCUT2D eigenvalue weighted by Crippen LogP contribution is -2.05. The Bertz CT molecular complexity index is 2410. The van der Waals surface area contributed by atoms with Crippen molar-refractivity contribution in [2.45, 2.75) is 11.2 Å². The highest BCUT2D eigenvalue weighted by Gasteiger charge is 2.36. The summed E-state index contributed by atoms with van der Waals surface area (Å²) in [6, 6.07) is 42.7. The summed E-state index contributed by atoms with van der Waals surface area (Å²) in [5, 5.41) is 8.19. The maximum absolute atomic E-state index is 3.92. The van der Waals surface area contributed by atoms with E-state index in [-0.39, 0.29) is 4.83 Å². The second kappa shape index (κ2) is 8.66. The molecule has 200 valence electrons. The van der Waals surface area contributed by atoms with Gasteiger partial charge in [-0.1, -0.05) is 149 Å². The van der Waals surface area contributed by atoms with Gasteiger partial charge in [-0.25, -0.2) is 0 Å². The molecule has 0 radical (unpaired) electrons. The van der Waals surface area contributed by atoms with Gasteiger partial charge in [0.25, 0.3) is 0 Å². The summed E-state index contributed by atoms with van der Waals surface area (Å²) in [6.45, 7) is 0. The number of halogens is 1. The van der Waals surface area contributed by atoms with Crippen LogP contribution in [0.15, 0.2) is 127 Å². The number of allylic oxidation sites excluding steroid dienone is 2. The third-order valence-corrected chi connectivity index (χ3v) is 10.7. The molecule has 0 nitrogen and oxygen atoms in total. The lowest BCUT2D eigenvalue weighted by Gasteiger charge is -2.25. The Kier molecular flexibility index (Phi) is 4.79. The Morgan fingerprint density at radius 3 is 1.86 bits per heavy atom. The number of hydrogen-bond donors (Lipinski definition) is 0. The van der Waals surface area contributed by atoms with E-state index in [2.05, 4.69) is 149 Å². The van der Waals surface area contributed by atoms with Crippen molar-refractivity contribution in [3.8, 4) is 33.4 Å². The van der Waals surface area contributed by atoms with E-state index >= 15 is 0 Å². The minimum absolute atomic E-state index is 0.246. The van der Waals surface area contributed by atoms with Crippen LogP contribution in [-0.2, 0) is 6.42 Å². The Labute approximate surface area is 258 Å². The number of benzene rings is 7. The maximum atomic E-state index is 3.92. The highest BCUT2D eigenvalue weighted by molar-refractivity contribution is 9.09. The van der Waals surface area contributed by atoms with Gasteiger partial charge in [-0.2, -0.15) is 0 Å². The first kappa shape index (κ1) is 23.8. The molecule has 0 amide bonds. The first-order valence-electron chi connectivity index (χ1n) is 15.1. The van der Waals surface area contributed by atoms with Gasteiger partial charge in [0.1, 0.15) is 0 Å². The largest absolute Gasteiger partial charge is 0.0793 e. The van der Waals surface area contributed by atoms with Crippen LogP contribution in [0.5, 0.6) is 0 Å². The van der Waals surface area contributed by atoms with E-state index < -0.39 is 0 Å². The van der Waals surface area contributed by atoms with E-state index in [4.69, 9.17) is 0 Å². The highest BCUT2D eigenvalue weighted by atomic mass is 79.9. The fraction of sp³-hybridized carbons (Fsp3) is 0.0476. The predicted molar refractivity (Wildman–Crippen MR) is 187 cm³/mol. The molecule has 0 aromatic heterocycles. The predicted octanol–water partition coefficient (Wildman–Crippen LogP) is 11.9. The third kappa shape index (κ3) is 3.05. The van der Waals surface area contributed by atoms with Crippen LogP contribution in [0.1, 0.15) is 32.6 Å². The van der Waals surface area contributed by atoms with Crippen molar-refractivity contribution in [1.29, 1.82) is 0 Å². The van der Waals surface area contributed by atoms with Crippen molar-refractivity contribution in [2.75, 3.05) is 0 Å². The van der Waals surface area contributed by atoms with Crippen molar-refractivity contribution in [2.24, 2.45) is 0 Å². The van der Waals surface area contributed by atoms with E-state index in [1.165, 1.54) is 99.1 Å². The fourth-order valence-corrected chi connectivity index (χ4v) is 8.77. The number of rotatable bonds is 2. The van der Waals surface area contributed by atoms with Crippen LogP contribution in [-0.4, -0.2) is 0 Å². The summed E-state index contributed by atoms with van der Waals surface area (Å²) in [7, 11) is 0. The SMILES string of the molecule is BrC1C=Cc2c3c4c5c(ccc4c4cccc1c24)-c1c(c(-c2ccccc2)c2ccccc2c1-c1ccccc1)C5=CC3. The summed E-state index contributed by atoms with van der Waals surface area (Å²) in [5.41, 5.74) is 16.4. The van der Waals surface area contributed by atoms with Crippen LogP contribution in [0, 0.1) is 0 Å². The van der Waals surface area contributed by atoms with E-state index in [0.29, 0.717) is 0 Å². The molecule has 3 aliphatic carbocycles. The smallest absolute Gasteiger partial charge is 0.0584 e. The zero-order valence-electron chi connectivity index (χ0n) is 23.4. The molecule has 0 spiro atoms. The second-order valence-corrected chi connectivity index (χ2v) is 12.9. The third-order valence-electron chi connectivity index (χ3n) is 9.88. The Morgan fingerprint density at radius 2 is 1.14 bits per heavy atom. The zero-order chi connectivity index (χ0) is 28.2. The van der Waals surface area contributed by atoms with Gasteiger partial charge < -0.3 is 0 Å². The van der Waals surface area contributed by atoms with Crippen LogP contribution < -0.4 is 0 Å². The topological polar surface area (TPSA) is 0 Å². The lowest BCUT2D eigenvalue weighted by atomic mass is 9.79. The summed E-state index contributed by atoms with van der Waals surface area (Å²) in [4.78, 5) is 0.246. The summed E-state index contributed by atoms with van der Waals surface area (Å²) < 4.78 is 0. The normalized spacial score (nSPS) is 15.7. The minimum atomic E-state index is 0.246. The highest BCUT2D eigenvalue weighted by Crippen LogP contribution is 2.59. The average molecular weight is 610 g/mol. The Balaban J connectivity index is 1.42. The van der Waals surface area contributed by atoms with Gasteiger partial charge in [0.15, 0.2) is 0 Å². The number of hydrogen-bond acceptors (Lipinski definition) is 0. The van der Waals surface area contributed by atoms with Crippen molar-refractivity contribution < 1.29 is 0 Å². The van der Waals surface area contributed by atoms with Crippen LogP contribution in [0.25, 0.3) is 77.3 Å². The second-order valence-electron chi connectivity index (χ2n) is 11.9. The van der Waals surface area contributed by atoms with Gasteiger partial charge >= 0.3 is 0 Å². The molecule has 0 bridgehead atoms. The molecule has 0 saturated carbocycles. The average Bonchev–Trinajstić information content (AvgIpc) is 3.40. The molecule has 0 saturated heterocycles. The molecule has 0 N–H and O–H groups in total. The minimum Gasteiger partial charge on any atom is -0.0793 e. The van der Waals surface area contributed by atoms with Crippen LogP contribution in [0.3, 0.4) is 0 Å². The monoisotopic (exact) mass is 608 g/mol. The van der Waals surface area contributed by atoms with Crippen molar-refractivity contribution in [3.05, 3.63) is 155 Å². The van der Waals surface area contributed by atoms with Gasteiger partial charge in [0.05, 0.1) is 4.83 Å². The molecule has 1 unspecified atom stereocenters. The molecule has 0 fully saturated rings. The van der Waals surface area contributed by atoms with Crippen molar-refractivity contribution >= 4 is 59.9 Å². The molecule has 3 aliphatic rings. The van der Waals surface area contributed by atoms with Crippen LogP contribution in [0.2, 0.25) is 0 Å². The number of fused-ring (bicyclic) bond motifs is 6. The number of alkyl halides is 1. The Morgan fingerprint density at radius 1 is 0.512 bits per heavy atom. The van der Waals surface area contributed by atoms with Crippen LogP contribution in [0.4, 0.5) is 0 Å². The fourth-order valence-electron chi connectivity index (χ4n) is 8.24. The molecule has 0 heterocycles. The van der Waals surface area contributed by atoms with E-state index in [1.54, 1.807) is 0 Å². The molecule has 43 heavy (non-hydrogen) atoms. The van der Waals surface area contributed by atoms with Gasteiger partial charge in [-0.15, -0.1) is 0 Å². The molecular weight excluding hydrogens is 584 g/mol. The quantitative estimate of drug-likeness (QED) is 0.135. The molecule has 7 aromatic carbocycles. The molecule has 1 atom stereocenters. The summed E-state index contributed by atoms with van der Waals surface area (Å²) >= 11 is 3.92. The molecule has 7 aromatic rings. The molecule has 0 aliphatic heterocycles. The first-order valence-corrected chi connectivity index (χ1v) is 16.0. The first-order chi connectivity index (χ1) is 21.3. The van der Waals surface area contributed by atoms with Gasteiger partial charge in [0.2, 0.25) is 0 Å². The summed E-state index contributed by atoms with van der Waals surface area (Å²) in [5.74, 6) is 0.